The summed E-state index contributed by atoms with van der Waals surface area (Å²) in [5, 5.41) is 9.96. The Balaban J connectivity index is 1.61. The van der Waals surface area contributed by atoms with E-state index < -0.39 is 0 Å². The highest BCUT2D eigenvalue weighted by Crippen LogP contribution is 2.30. The van der Waals surface area contributed by atoms with Crippen LogP contribution in [0.25, 0.3) is 0 Å². The van der Waals surface area contributed by atoms with Crippen molar-refractivity contribution < 1.29 is 9.90 Å². The average Bonchev–Trinajstić information content (AvgIpc) is 3.15. The summed E-state index contributed by atoms with van der Waals surface area (Å²) in [4.78, 5) is 14.6. The summed E-state index contributed by atoms with van der Waals surface area (Å²) >= 11 is 0. The molecule has 2 aliphatic rings. The van der Waals surface area contributed by atoms with Crippen molar-refractivity contribution in [2.45, 2.75) is 44.3 Å². The first kappa shape index (κ1) is 16.2. The van der Waals surface area contributed by atoms with Gasteiger partial charge in [-0.2, -0.15) is 0 Å². The molecule has 6 heteroatoms. The largest absolute Gasteiger partial charge is 0.508 e. The number of likely N-dealkylation sites (tertiary alicyclic amines) is 1. The van der Waals surface area contributed by atoms with Crippen LogP contribution in [0.1, 0.15) is 37.8 Å². The fraction of sp³-hybridized carbons (Fsp3) is 0.588. The molecule has 23 heavy (non-hydrogen) atoms. The number of amides is 1. The van der Waals surface area contributed by atoms with Crippen molar-refractivity contribution in [2.75, 3.05) is 13.1 Å². The van der Waals surface area contributed by atoms with Crippen LogP contribution in [-0.2, 0) is 4.79 Å². The van der Waals surface area contributed by atoms with Crippen LogP contribution < -0.4 is 16.6 Å². The molecular weight excluding hydrogens is 292 g/mol. The van der Waals surface area contributed by atoms with E-state index in [1.807, 2.05) is 17.0 Å². The molecule has 1 aromatic carbocycles. The summed E-state index contributed by atoms with van der Waals surface area (Å²) < 4.78 is 0. The zero-order valence-corrected chi connectivity index (χ0v) is 13.5. The number of benzene rings is 1. The summed E-state index contributed by atoms with van der Waals surface area (Å²) in [5.74, 6) is 0.767. The molecule has 0 saturated carbocycles. The van der Waals surface area contributed by atoms with Crippen LogP contribution in [0.2, 0.25) is 0 Å². The van der Waals surface area contributed by atoms with Gasteiger partial charge in [0.25, 0.3) is 0 Å². The van der Waals surface area contributed by atoms with Gasteiger partial charge in [-0.15, -0.1) is 0 Å². The topological polar surface area (TPSA) is 90.6 Å². The van der Waals surface area contributed by atoms with Gasteiger partial charge in [0.05, 0.1) is 6.04 Å². The van der Waals surface area contributed by atoms with E-state index in [1.54, 1.807) is 12.1 Å². The molecule has 1 amide bonds. The molecule has 4 atom stereocenters. The van der Waals surface area contributed by atoms with E-state index in [0.717, 1.165) is 24.9 Å². The Morgan fingerprint density at radius 1 is 1.35 bits per heavy atom. The lowest BCUT2D eigenvalue weighted by molar-refractivity contribution is -0.132. The number of para-hydroxylation sites is 1. The highest BCUT2D eigenvalue weighted by atomic mass is 16.3. The molecule has 0 aromatic heterocycles. The van der Waals surface area contributed by atoms with Crippen LogP contribution >= 0.6 is 0 Å². The van der Waals surface area contributed by atoms with Gasteiger partial charge in [0.15, 0.2) is 0 Å². The quantitative estimate of drug-likeness (QED) is 0.662. The van der Waals surface area contributed by atoms with Gasteiger partial charge >= 0.3 is 0 Å². The monoisotopic (exact) mass is 318 g/mol. The van der Waals surface area contributed by atoms with E-state index >= 15 is 0 Å². The SMILES string of the molecule is CCC[C@@H]1CN(C(=O)C2CC(c3ccccc3O)NN2)C[C@H]1N. The van der Waals surface area contributed by atoms with Crippen molar-refractivity contribution in [3.63, 3.8) is 0 Å². The Bertz CT molecular complexity index is 565. The number of phenols is 1. The maximum Gasteiger partial charge on any atom is 0.241 e. The molecule has 0 aliphatic carbocycles. The Labute approximate surface area is 137 Å². The lowest BCUT2D eigenvalue weighted by Gasteiger charge is -2.20. The number of carbonyl (C=O) groups is 1. The van der Waals surface area contributed by atoms with Crippen LogP contribution in [0.3, 0.4) is 0 Å². The molecule has 5 N–H and O–H groups in total. The van der Waals surface area contributed by atoms with Gasteiger partial charge in [0.1, 0.15) is 11.8 Å². The highest BCUT2D eigenvalue weighted by molar-refractivity contribution is 5.82. The summed E-state index contributed by atoms with van der Waals surface area (Å²) in [5.41, 5.74) is 13.2. The minimum atomic E-state index is -0.271. The normalized spacial score (nSPS) is 30.8. The predicted molar refractivity (Wildman–Crippen MR) is 88.5 cm³/mol. The summed E-state index contributed by atoms with van der Waals surface area (Å²) in [6, 6.07) is 6.98. The zero-order chi connectivity index (χ0) is 16.4. The van der Waals surface area contributed by atoms with E-state index in [1.165, 1.54) is 0 Å². The lowest BCUT2D eigenvalue weighted by atomic mass is 9.99. The van der Waals surface area contributed by atoms with Crippen LogP contribution in [0, 0.1) is 5.92 Å². The molecular formula is C17H26N4O2. The van der Waals surface area contributed by atoms with E-state index in [9.17, 15) is 9.90 Å². The molecule has 0 spiro atoms. The molecule has 2 unspecified atom stereocenters. The second-order valence-corrected chi connectivity index (χ2v) is 6.64. The summed E-state index contributed by atoms with van der Waals surface area (Å²) in [6.07, 6.45) is 2.79. The molecule has 6 nitrogen and oxygen atoms in total. The number of rotatable bonds is 4. The number of carbonyl (C=O) groups excluding carboxylic acids is 1. The number of hydrogen-bond acceptors (Lipinski definition) is 5. The van der Waals surface area contributed by atoms with Gasteiger partial charge in [-0.05, 0) is 24.8 Å². The van der Waals surface area contributed by atoms with E-state index in [0.29, 0.717) is 18.9 Å². The lowest BCUT2D eigenvalue weighted by Crippen LogP contribution is -2.45. The van der Waals surface area contributed by atoms with Gasteiger partial charge in [0.2, 0.25) is 5.91 Å². The number of nitrogens with one attached hydrogen (secondary N) is 2. The van der Waals surface area contributed by atoms with Gasteiger partial charge in [-0.3, -0.25) is 4.79 Å². The van der Waals surface area contributed by atoms with E-state index in [-0.39, 0.29) is 29.8 Å². The minimum absolute atomic E-state index is 0.0622. The molecule has 126 valence electrons. The number of phenolic OH excluding ortho intramolecular Hbond substituents is 1. The molecule has 2 fully saturated rings. The summed E-state index contributed by atoms with van der Waals surface area (Å²) in [7, 11) is 0. The standard InChI is InChI=1S/C17H26N4O2/c1-2-5-11-9-21(10-13(11)18)17(23)15-8-14(19-20-15)12-6-3-4-7-16(12)22/h3-4,6-7,11,13-15,19-20,22H,2,5,8-10,18H2,1H3/t11-,13-,14?,15?/m1/s1. The second kappa shape index (κ2) is 6.86. The molecule has 2 heterocycles. The predicted octanol–water partition coefficient (Wildman–Crippen LogP) is 0.886. The third-order valence-electron chi connectivity index (χ3n) is 4.98. The van der Waals surface area contributed by atoms with E-state index in [4.69, 9.17) is 5.73 Å². The number of nitrogens with zero attached hydrogens (tertiary/aromatic N) is 1. The second-order valence-electron chi connectivity index (χ2n) is 6.64. The Morgan fingerprint density at radius 3 is 2.87 bits per heavy atom. The van der Waals surface area contributed by atoms with Crippen molar-refractivity contribution >= 4 is 5.91 Å². The first-order valence-corrected chi connectivity index (χ1v) is 8.43. The van der Waals surface area contributed by atoms with Gasteiger partial charge in [0, 0.05) is 24.7 Å². The van der Waals surface area contributed by atoms with Crippen molar-refractivity contribution in [1.82, 2.24) is 15.8 Å². The Morgan fingerprint density at radius 2 is 2.13 bits per heavy atom. The Kier molecular flexibility index (Phi) is 4.84. The fourth-order valence-corrected chi connectivity index (χ4v) is 3.68. The van der Waals surface area contributed by atoms with Crippen molar-refractivity contribution in [1.29, 1.82) is 0 Å². The first-order chi connectivity index (χ1) is 11.1. The van der Waals surface area contributed by atoms with Gasteiger partial charge in [-0.25, -0.2) is 10.9 Å². The number of nitrogens with two attached hydrogens (primary N) is 1. The third-order valence-corrected chi connectivity index (χ3v) is 4.98. The van der Waals surface area contributed by atoms with Gasteiger partial charge in [-0.1, -0.05) is 31.5 Å². The third kappa shape index (κ3) is 3.34. The van der Waals surface area contributed by atoms with Crippen LogP contribution in [0.5, 0.6) is 5.75 Å². The number of aromatic hydroxyl groups is 1. The number of hydrazine groups is 1. The maximum absolute atomic E-state index is 12.7. The highest BCUT2D eigenvalue weighted by Gasteiger charge is 2.38. The van der Waals surface area contributed by atoms with Crippen LogP contribution in [-0.4, -0.2) is 41.1 Å². The molecule has 2 aliphatic heterocycles. The fourth-order valence-electron chi connectivity index (χ4n) is 3.68. The maximum atomic E-state index is 12.7. The average molecular weight is 318 g/mol. The van der Waals surface area contributed by atoms with E-state index in [2.05, 4.69) is 17.8 Å². The molecule has 0 bridgehead atoms. The number of hydrogen-bond donors (Lipinski definition) is 4. The Hall–Kier alpha value is -1.63. The smallest absolute Gasteiger partial charge is 0.241 e. The first-order valence-electron chi connectivity index (χ1n) is 8.43. The zero-order valence-electron chi connectivity index (χ0n) is 13.5. The van der Waals surface area contributed by atoms with Crippen LogP contribution in [0.15, 0.2) is 24.3 Å². The van der Waals surface area contributed by atoms with Crippen molar-refractivity contribution in [3.05, 3.63) is 29.8 Å². The molecule has 2 saturated heterocycles. The van der Waals surface area contributed by atoms with Crippen LogP contribution in [0.4, 0.5) is 0 Å². The minimum Gasteiger partial charge on any atom is -0.508 e. The molecule has 0 radical (unpaired) electrons. The summed E-state index contributed by atoms with van der Waals surface area (Å²) in [6.45, 7) is 3.55. The molecule has 3 rings (SSSR count). The molecule has 1 aromatic rings. The van der Waals surface area contributed by atoms with Crippen molar-refractivity contribution in [3.8, 4) is 5.75 Å². The van der Waals surface area contributed by atoms with Crippen molar-refractivity contribution in [2.24, 2.45) is 11.7 Å². The van der Waals surface area contributed by atoms with Gasteiger partial charge < -0.3 is 15.7 Å².